The molecule has 1 atom stereocenters. The van der Waals surface area contributed by atoms with Crippen molar-refractivity contribution in [3.8, 4) is 11.8 Å². The maximum absolute atomic E-state index is 13.9. The maximum atomic E-state index is 13.9. The van der Waals surface area contributed by atoms with E-state index in [1.165, 1.54) is 16.9 Å². The van der Waals surface area contributed by atoms with Crippen LogP contribution in [0.1, 0.15) is 24.4 Å². The molecule has 9 nitrogen and oxygen atoms in total. The topological polar surface area (TPSA) is 127 Å². The van der Waals surface area contributed by atoms with Crippen LogP contribution in [0.25, 0.3) is 11.3 Å². The van der Waals surface area contributed by atoms with Crippen LogP contribution in [0.2, 0.25) is 0 Å². The number of hydrogen-bond acceptors (Lipinski definition) is 7. The first-order chi connectivity index (χ1) is 14.4. The van der Waals surface area contributed by atoms with Crippen LogP contribution in [-0.2, 0) is 0 Å². The van der Waals surface area contributed by atoms with Crippen molar-refractivity contribution in [1.82, 2.24) is 23.9 Å². The second kappa shape index (κ2) is 7.25. The monoisotopic (exact) mass is 408 g/mol. The molecule has 0 aliphatic rings. The van der Waals surface area contributed by atoms with Gasteiger partial charge in [-0.1, -0.05) is 0 Å². The van der Waals surface area contributed by atoms with Gasteiger partial charge < -0.3 is 11.1 Å². The summed E-state index contributed by atoms with van der Waals surface area (Å²) < 4.78 is 30.1. The van der Waals surface area contributed by atoms with Crippen molar-refractivity contribution in [2.24, 2.45) is 0 Å². The van der Waals surface area contributed by atoms with Crippen LogP contribution >= 0.6 is 0 Å². The van der Waals surface area contributed by atoms with Gasteiger partial charge in [0.2, 0.25) is 0 Å². The molecule has 0 fully saturated rings. The van der Waals surface area contributed by atoms with Crippen molar-refractivity contribution >= 4 is 17.3 Å². The molecule has 4 aromatic rings. The molecule has 0 saturated heterocycles. The summed E-state index contributed by atoms with van der Waals surface area (Å²) >= 11 is 0. The van der Waals surface area contributed by atoms with E-state index in [0.717, 1.165) is 16.7 Å². The summed E-state index contributed by atoms with van der Waals surface area (Å²) in [4.78, 5) is 25.3. The fourth-order valence-corrected chi connectivity index (χ4v) is 3.09. The van der Waals surface area contributed by atoms with E-state index < -0.39 is 23.4 Å². The number of aromatic nitrogens is 5. The Labute approximate surface area is 168 Å². The zero-order valence-corrected chi connectivity index (χ0v) is 15.5. The Morgan fingerprint density at radius 2 is 1.97 bits per heavy atom. The van der Waals surface area contributed by atoms with Crippen LogP contribution in [0.5, 0.6) is 0 Å². The first-order valence-electron chi connectivity index (χ1n) is 8.72. The highest BCUT2D eigenvalue weighted by Crippen LogP contribution is 2.23. The third-order valence-electron chi connectivity index (χ3n) is 4.42. The van der Waals surface area contributed by atoms with Crippen molar-refractivity contribution < 1.29 is 8.78 Å². The van der Waals surface area contributed by atoms with Gasteiger partial charge in [-0.2, -0.15) is 5.26 Å². The molecule has 0 bridgehead atoms. The lowest BCUT2D eigenvalue weighted by Gasteiger charge is -2.20. The molecule has 0 aliphatic heterocycles. The van der Waals surface area contributed by atoms with Gasteiger partial charge in [-0.25, -0.2) is 33.1 Å². The Kier molecular flexibility index (Phi) is 4.59. The summed E-state index contributed by atoms with van der Waals surface area (Å²) in [6.07, 6.45) is 2.68. The number of hydrogen-bond donors (Lipinski definition) is 2. The number of benzene rings is 1. The summed E-state index contributed by atoms with van der Waals surface area (Å²) in [6.45, 7) is 1.66. The number of nitrogens with two attached hydrogens (primary N) is 1. The third-order valence-corrected chi connectivity index (χ3v) is 4.42. The van der Waals surface area contributed by atoms with E-state index in [1.807, 2.05) is 6.07 Å². The van der Waals surface area contributed by atoms with Crippen molar-refractivity contribution in [3.05, 3.63) is 76.4 Å². The van der Waals surface area contributed by atoms with Gasteiger partial charge in [-0.05, 0) is 31.2 Å². The van der Waals surface area contributed by atoms with Gasteiger partial charge in [0.05, 0.1) is 11.7 Å². The predicted octanol–water partition coefficient (Wildman–Crippen LogP) is 2.18. The number of anilines is 2. The maximum Gasteiger partial charge on any atom is 0.339 e. The fraction of sp³-hybridized carbons (Fsp3) is 0.105. The average molecular weight is 408 g/mol. The number of rotatable bonds is 4. The average Bonchev–Trinajstić information content (AvgIpc) is 3.16. The number of fused-ring (bicyclic) bond motifs is 1. The van der Waals surface area contributed by atoms with Gasteiger partial charge >= 0.3 is 5.69 Å². The molecule has 3 aromatic heterocycles. The van der Waals surface area contributed by atoms with E-state index in [2.05, 4.69) is 20.3 Å². The molecule has 1 aromatic carbocycles. The number of nitrogen functional groups attached to an aromatic ring is 1. The summed E-state index contributed by atoms with van der Waals surface area (Å²) in [5, 5.41) is 12.3. The molecule has 4 rings (SSSR count). The Balaban J connectivity index is 1.91. The zero-order valence-electron chi connectivity index (χ0n) is 15.5. The first-order valence-corrected chi connectivity index (χ1v) is 8.72. The van der Waals surface area contributed by atoms with Gasteiger partial charge in [0.1, 0.15) is 52.7 Å². The molecule has 150 valence electrons. The normalized spacial score (nSPS) is 11.9. The van der Waals surface area contributed by atoms with Gasteiger partial charge in [-0.15, -0.1) is 0 Å². The molecule has 30 heavy (non-hydrogen) atoms. The van der Waals surface area contributed by atoms with Gasteiger partial charge in [-0.3, -0.25) is 4.40 Å². The van der Waals surface area contributed by atoms with Crippen molar-refractivity contribution in [1.29, 1.82) is 5.26 Å². The SMILES string of the molecule is CC(Nc1ncnc(N)c1C#N)c1nc2cccn2c(=O)n1-c1cc(F)cc(F)c1. The van der Waals surface area contributed by atoms with Crippen molar-refractivity contribution in [2.45, 2.75) is 13.0 Å². The minimum Gasteiger partial charge on any atom is -0.382 e. The van der Waals surface area contributed by atoms with Crippen LogP contribution < -0.4 is 16.7 Å². The van der Waals surface area contributed by atoms with E-state index in [0.29, 0.717) is 11.7 Å². The fourth-order valence-electron chi connectivity index (χ4n) is 3.09. The molecule has 1 unspecified atom stereocenters. The molecule has 3 heterocycles. The van der Waals surface area contributed by atoms with E-state index in [-0.39, 0.29) is 28.7 Å². The molecule has 0 spiro atoms. The second-order valence-electron chi connectivity index (χ2n) is 6.41. The second-order valence-corrected chi connectivity index (χ2v) is 6.41. The largest absolute Gasteiger partial charge is 0.382 e. The number of nitrogens with one attached hydrogen (secondary N) is 1. The third kappa shape index (κ3) is 3.20. The van der Waals surface area contributed by atoms with Crippen LogP contribution in [0.4, 0.5) is 20.4 Å². The first kappa shape index (κ1) is 19.0. The molecule has 11 heteroatoms. The lowest BCUT2D eigenvalue weighted by Crippen LogP contribution is -2.31. The Morgan fingerprint density at radius 1 is 1.23 bits per heavy atom. The standard InChI is InChI=1S/C19H14F2N8O/c1-10(26-17-14(8-22)16(23)24-9-25-17)18-27-15-3-2-4-28(15)19(30)29(18)13-6-11(20)5-12(21)7-13/h2-7,9-10H,1H3,(H3,23,24,25,26). The summed E-state index contributed by atoms with van der Waals surface area (Å²) in [7, 11) is 0. The summed E-state index contributed by atoms with van der Waals surface area (Å²) in [5.41, 5.74) is 5.48. The molecule has 0 aliphatic carbocycles. The van der Waals surface area contributed by atoms with E-state index in [1.54, 1.807) is 19.1 Å². The van der Waals surface area contributed by atoms with Crippen LogP contribution in [0.15, 0.2) is 47.7 Å². The zero-order chi connectivity index (χ0) is 21.4. The minimum absolute atomic E-state index is 0.0122. The van der Waals surface area contributed by atoms with Crippen LogP contribution in [0, 0.1) is 23.0 Å². The van der Waals surface area contributed by atoms with E-state index in [9.17, 15) is 18.8 Å². The van der Waals surface area contributed by atoms with Gasteiger partial charge in [0, 0.05) is 12.3 Å². The lowest BCUT2D eigenvalue weighted by molar-refractivity contribution is 0.578. The summed E-state index contributed by atoms with van der Waals surface area (Å²) in [6, 6.07) is 7.23. The quantitative estimate of drug-likeness (QED) is 0.530. The Hall–Kier alpha value is -4.33. The highest BCUT2D eigenvalue weighted by atomic mass is 19.1. The van der Waals surface area contributed by atoms with Crippen molar-refractivity contribution in [2.75, 3.05) is 11.1 Å². The molecular weight excluding hydrogens is 394 g/mol. The minimum atomic E-state index is -0.841. The van der Waals surface area contributed by atoms with Gasteiger partial charge in [0.15, 0.2) is 0 Å². The molecule has 3 N–H and O–H groups in total. The molecular formula is C19H14F2N8O. The van der Waals surface area contributed by atoms with Gasteiger partial charge in [0.25, 0.3) is 0 Å². The smallest absolute Gasteiger partial charge is 0.339 e. The molecule has 0 radical (unpaired) electrons. The van der Waals surface area contributed by atoms with E-state index >= 15 is 0 Å². The predicted molar refractivity (Wildman–Crippen MR) is 104 cm³/mol. The summed E-state index contributed by atoms with van der Waals surface area (Å²) in [5.74, 6) is -1.41. The lowest BCUT2D eigenvalue weighted by atomic mass is 10.2. The molecule has 0 saturated carbocycles. The molecule has 0 amide bonds. The Morgan fingerprint density at radius 3 is 2.67 bits per heavy atom. The Bertz CT molecular complexity index is 1350. The highest BCUT2D eigenvalue weighted by Gasteiger charge is 2.21. The number of nitriles is 1. The number of nitrogens with zero attached hydrogens (tertiary/aromatic N) is 6. The van der Waals surface area contributed by atoms with E-state index in [4.69, 9.17) is 5.73 Å². The van der Waals surface area contributed by atoms with Crippen molar-refractivity contribution in [3.63, 3.8) is 0 Å². The van der Waals surface area contributed by atoms with Crippen LogP contribution in [-0.4, -0.2) is 23.9 Å². The van der Waals surface area contributed by atoms with Crippen LogP contribution in [0.3, 0.4) is 0 Å². The number of halogens is 2. The highest BCUT2D eigenvalue weighted by molar-refractivity contribution is 5.62.